The van der Waals surface area contributed by atoms with Crippen molar-refractivity contribution in [3.63, 3.8) is 0 Å². The maximum atomic E-state index is 13.0. The van der Waals surface area contributed by atoms with Gasteiger partial charge in [0.2, 0.25) is 5.91 Å². The summed E-state index contributed by atoms with van der Waals surface area (Å²) in [5, 5.41) is 2.79. The van der Waals surface area contributed by atoms with E-state index in [0.29, 0.717) is 17.1 Å². The van der Waals surface area contributed by atoms with E-state index in [-0.39, 0.29) is 6.54 Å². The zero-order chi connectivity index (χ0) is 25.1. The molecule has 1 heterocycles. The minimum absolute atomic E-state index is 0.381. The summed E-state index contributed by atoms with van der Waals surface area (Å²) in [5.41, 5.74) is 3.84. The normalized spacial score (nSPS) is 15.4. The number of rotatable bonds is 7. The minimum Gasteiger partial charge on any atom is -0.497 e. The third-order valence-electron chi connectivity index (χ3n) is 5.95. The highest BCUT2D eigenvalue weighted by Gasteiger charge is 2.44. The Bertz CT molecular complexity index is 1250. The van der Waals surface area contributed by atoms with Crippen molar-refractivity contribution in [2.24, 2.45) is 0 Å². The second kappa shape index (κ2) is 9.89. The summed E-state index contributed by atoms with van der Waals surface area (Å²) in [6.07, 6.45) is 0. The molecule has 3 aromatic rings. The first-order valence-corrected chi connectivity index (χ1v) is 11.2. The Morgan fingerprint density at radius 3 is 2.26 bits per heavy atom. The van der Waals surface area contributed by atoms with Crippen LogP contribution in [0.4, 0.5) is 16.2 Å². The van der Waals surface area contributed by atoms with E-state index in [1.54, 1.807) is 51.5 Å². The first kappa shape index (κ1) is 23.8. The SMILES string of the molecule is COc1ccc(-c2cc(NC(=O)CN3C(=O)[C@H](C)N(c4ccc(C)cc4)C3=O)ccc2OC)cc1. The molecular formula is C27H27N3O5. The first-order chi connectivity index (χ1) is 16.8. The number of carbonyl (C=O) groups excluding carboxylic acids is 3. The number of nitrogens with zero attached hydrogens (tertiary/aromatic N) is 2. The van der Waals surface area contributed by atoms with Crippen LogP contribution in [0.2, 0.25) is 0 Å². The number of nitrogens with one attached hydrogen (secondary N) is 1. The molecule has 0 spiro atoms. The van der Waals surface area contributed by atoms with Gasteiger partial charge >= 0.3 is 6.03 Å². The fourth-order valence-corrected chi connectivity index (χ4v) is 4.04. The Morgan fingerprint density at radius 1 is 0.943 bits per heavy atom. The van der Waals surface area contributed by atoms with Crippen molar-refractivity contribution in [1.82, 2.24) is 4.90 Å². The van der Waals surface area contributed by atoms with Gasteiger partial charge < -0.3 is 14.8 Å². The summed E-state index contributed by atoms with van der Waals surface area (Å²) in [6, 6.07) is 18.8. The molecule has 0 aliphatic carbocycles. The van der Waals surface area contributed by atoms with Gasteiger partial charge in [0.15, 0.2) is 0 Å². The van der Waals surface area contributed by atoms with Crippen molar-refractivity contribution < 1.29 is 23.9 Å². The fraction of sp³-hybridized carbons (Fsp3) is 0.222. The number of carbonyl (C=O) groups is 3. The van der Waals surface area contributed by atoms with Gasteiger partial charge in [-0.2, -0.15) is 0 Å². The van der Waals surface area contributed by atoms with Gasteiger partial charge in [-0.25, -0.2) is 4.79 Å². The van der Waals surface area contributed by atoms with E-state index < -0.39 is 23.9 Å². The van der Waals surface area contributed by atoms with Crippen LogP contribution in [0.1, 0.15) is 12.5 Å². The van der Waals surface area contributed by atoms with Crippen LogP contribution >= 0.6 is 0 Å². The largest absolute Gasteiger partial charge is 0.497 e. The number of ether oxygens (including phenoxy) is 2. The molecule has 0 saturated carbocycles. The molecule has 1 N–H and O–H groups in total. The number of benzene rings is 3. The van der Waals surface area contributed by atoms with Gasteiger partial charge in [-0.05, 0) is 61.9 Å². The zero-order valence-corrected chi connectivity index (χ0v) is 20.1. The van der Waals surface area contributed by atoms with Gasteiger partial charge in [0.05, 0.1) is 14.2 Å². The van der Waals surface area contributed by atoms with Crippen LogP contribution in [0.15, 0.2) is 66.7 Å². The van der Waals surface area contributed by atoms with Crippen molar-refractivity contribution in [3.05, 3.63) is 72.3 Å². The van der Waals surface area contributed by atoms with Crippen molar-refractivity contribution in [1.29, 1.82) is 0 Å². The molecule has 0 unspecified atom stereocenters. The van der Waals surface area contributed by atoms with Gasteiger partial charge in [0.1, 0.15) is 24.1 Å². The molecule has 1 atom stereocenters. The van der Waals surface area contributed by atoms with Gasteiger partial charge in [-0.1, -0.05) is 29.8 Å². The maximum Gasteiger partial charge on any atom is 0.332 e. The van der Waals surface area contributed by atoms with Crippen molar-refractivity contribution >= 4 is 29.2 Å². The number of amides is 4. The van der Waals surface area contributed by atoms with Gasteiger partial charge in [-0.3, -0.25) is 19.4 Å². The summed E-state index contributed by atoms with van der Waals surface area (Å²) < 4.78 is 10.7. The fourth-order valence-electron chi connectivity index (χ4n) is 4.04. The Balaban J connectivity index is 1.50. The quantitative estimate of drug-likeness (QED) is 0.512. The first-order valence-electron chi connectivity index (χ1n) is 11.2. The number of urea groups is 1. The molecule has 3 aromatic carbocycles. The molecule has 1 aliphatic heterocycles. The van der Waals surface area contributed by atoms with E-state index in [9.17, 15) is 14.4 Å². The van der Waals surface area contributed by atoms with Crippen molar-refractivity contribution in [3.8, 4) is 22.6 Å². The second-order valence-electron chi connectivity index (χ2n) is 8.28. The van der Waals surface area contributed by atoms with Gasteiger partial charge in [0.25, 0.3) is 5.91 Å². The highest BCUT2D eigenvalue weighted by Crippen LogP contribution is 2.33. The van der Waals surface area contributed by atoms with Crippen LogP contribution in [0.3, 0.4) is 0 Å². The van der Waals surface area contributed by atoms with Crippen LogP contribution in [-0.4, -0.2) is 49.6 Å². The van der Waals surface area contributed by atoms with Crippen LogP contribution in [0.25, 0.3) is 11.1 Å². The lowest BCUT2D eigenvalue weighted by Gasteiger charge is -2.19. The maximum absolute atomic E-state index is 13.0. The molecular weight excluding hydrogens is 446 g/mol. The van der Waals surface area contributed by atoms with E-state index in [1.807, 2.05) is 43.3 Å². The number of imide groups is 1. The predicted octanol–water partition coefficient (Wildman–Crippen LogP) is 4.48. The van der Waals surface area contributed by atoms with E-state index in [1.165, 1.54) is 4.90 Å². The molecule has 1 fully saturated rings. The lowest BCUT2D eigenvalue weighted by molar-refractivity contribution is -0.130. The smallest absolute Gasteiger partial charge is 0.332 e. The molecule has 0 bridgehead atoms. The van der Waals surface area contributed by atoms with Gasteiger partial charge in [0, 0.05) is 16.9 Å². The number of hydrogen-bond acceptors (Lipinski definition) is 5. The highest BCUT2D eigenvalue weighted by atomic mass is 16.5. The summed E-state index contributed by atoms with van der Waals surface area (Å²) in [4.78, 5) is 41.0. The molecule has 180 valence electrons. The van der Waals surface area contributed by atoms with E-state index in [2.05, 4.69) is 5.32 Å². The lowest BCUT2D eigenvalue weighted by atomic mass is 10.0. The summed E-state index contributed by atoms with van der Waals surface area (Å²) in [5.74, 6) is 0.474. The number of anilines is 2. The van der Waals surface area contributed by atoms with Crippen LogP contribution < -0.4 is 19.7 Å². The Hall–Kier alpha value is -4.33. The molecule has 4 rings (SSSR count). The van der Waals surface area contributed by atoms with Crippen LogP contribution in [0, 0.1) is 6.92 Å². The molecule has 0 radical (unpaired) electrons. The average molecular weight is 474 g/mol. The summed E-state index contributed by atoms with van der Waals surface area (Å²) in [6.45, 7) is 3.22. The third-order valence-corrected chi connectivity index (χ3v) is 5.95. The molecule has 35 heavy (non-hydrogen) atoms. The number of hydrogen-bond donors (Lipinski definition) is 1. The molecule has 8 heteroatoms. The van der Waals surface area contributed by atoms with E-state index >= 15 is 0 Å². The second-order valence-corrected chi connectivity index (χ2v) is 8.28. The number of aryl methyl sites for hydroxylation is 1. The van der Waals surface area contributed by atoms with Crippen molar-refractivity contribution in [2.75, 3.05) is 31.0 Å². The van der Waals surface area contributed by atoms with E-state index in [0.717, 1.165) is 27.3 Å². The number of methoxy groups -OCH3 is 2. The third kappa shape index (κ3) is 4.82. The van der Waals surface area contributed by atoms with Crippen LogP contribution in [-0.2, 0) is 9.59 Å². The molecule has 4 amide bonds. The molecule has 8 nitrogen and oxygen atoms in total. The topological polar surface area (TPSA) is 88.2 Å². The standard InChI is InChI=1S/C27H27N3O5/c1-17-5-10-21(11-6-17)30-18(2)26(32)29(27(30)33)16-25(31)28-20-9-14-24(35-4)23(15-20)19-7-12-22(34-3)13-8-19/h5-15,18H,16H2,1-4H3,(H,28,31)/t18-/m0/s1. The molecule has 1 aliphatic rings. The predicted molar refractivity (Wildman–Crippen MR) is 134 cm³/mol. The van der Waals surface area contributed by atoms with Gasteiger partial charge in [-0.15, -0.1) is 0 Å². The highest BCUT2D eigenvalue weighted by molar-refractivity contribution is 6.16. The Kier molecular flexibility index (Phi) is 6.73. The summed E-state index contributed by atoms with van der Waals surface area (Å²) in [7, 11) is 3.18. The summed E-state index contributed by atoms with van der Waals surface area (Å²) >= 11 is 0. The Morgan fingerprint density at radius 2 is 1.63 bits per heavy atom. The Labute approximate surface area is 204 Å². The minimum atomic E-state index is -0.694. The van der Waals surface area contributed by atoms with E-state index in [4.69, 9.17) is 9.47 Å². The van der Waals surface area contributed by atoms with Crippen molar-refractivity contribution in [2.45, 2.75) is 19.9 Å². The monoisotopic (exact) mass is 473 g/mol. The molecule has 0 aromatic heterocycles. The zero-order valence-electron chi connectivity index (χ0n) is 20.1. The molecule has 1 saturated heterocycles. The lowest BCUT2D eigenvalue weighted by Crippen LogP contribution is -2.39. The van der Waals surface area contributed by atoms with Crippen LogP contribution in [0.5, 0.6) is 11.5 Å². The average Bonchev–Trinajstić information content (AvgIpc) is 3.07.